The molecule has 0 saturated carbocycles. The third kappa shape index (κ3) is 4.48. The number of carbonyl (C=O) groups excluding carboxylic acids is 1. The SMILES string of the molecule is [Cr].[NH-]CC(=O)C(O)C(O)CO. The number of nitrogens with one attached hydrogen (secondary N) is 1. The molecule has 0 rings (SSSR count). The number of aliphatic hydroxyl groups is 3. The predicted molar refractivity (Wildman–Crippen MR) is 33.3 cm³/mol. The molecule has 2 unspecified atom stereocenters. The average Bonchev–Trinajstić information content (AvgIpc) is 2.00. The Balaban J connectivity index is 0. The largest absolute Gasteiger partial charge is 0.671 e. The summed E-state index contributed by atoms with van der Waals surface area (Å²) in [7, 11) is 0. The Morgan fingerprint density at radius 3 is 2.18 bits per heavy atom. The number of Topliss-reactive ketones (excluding diaryl/α,β-unsaturated/α-hetero) is 1. The second kappa shape index (κ2) is 6.73. The monoisotopic (exact) mass is 200 g/mol. The van der Waals surface area contributed by atoms with Gasteiger partial charge < -0.3 is 21.1 Å². The van der Waals surface area contributed by atoms with Crippen molar-refractivity contribution in [3.63, 3.8) is 0 Å². The van der Waals surface area contributed by atoms with Crippen LogP contribution in [0.15, 0.2) is 0 Å². The summed E-state index contributed by atoms with van der Waals surface area (Å²) in [5.41, 5.74) is 6.51. The van der Waals surface area contributed by atoms with Gasteiger partial charge in [-0.15, -0.1) is 0 Å². The van der Waals surface area contributed by atoms with Crippen LogP contribution in [0.2, 0.25) is 0 Å². The van der Waals surface area contributed by atoms with E-state index in [9.17, 15) is 4.79 Å². The second-order valence-electron chi connectivity index (χ2n) is 1.84. The van der Waals surface area contributed by atoms with E-state index in [0.29, 0.717) is 0 Å². The minimum Gasteiger partial charge on any atom is -0.671 e. The summed E-state index contributed by atoms with van der Waals surface area (Å²) < 4.78 is 0. The molecule has 66 valence electrons. The molecule has 0 fully saturated rings. The Hall–Kier alpha value is 0.0425. The summed E-state index contributed by atoms with van der Waals surface area (Å²) in [6, 6.07) is 0. The van der Waals surface area contributed by atoms with E-state index >= 15 is 0 Å². The summed E-state index contributed by atoms with van der Waals surface area (Å²) in [6.45, 7) is -1.26. The molecule has 0 aliphatic carbocycles. The van der Waals surface area contributed by atoms with Crippen LogP contribution in [0, 0.1) is 0 Å². The van der Waals surface area contributed by atoms with Crippen molar-refractivity contribution < 1.29 is 37.5 Å². The molecule has 0 aromatic heterocycles. The Labute approximate surface area is 75.0 Å². The zero-order valence-corrected chi connectivity index (χ0v) is 7.00. The van der Waals surface area contributed by atoms with Gasteiger partial charge in [0.1, 0.15) is 18.0 Å². The summed E-state index contributed by atoms with van der Waals surface area (Å²) in [4.78, 5) is 10.4. The van der Waals surface area contributed by atoms with E-state index in [-0.39, 0.29) is 17.4 Å². The number of carbonyl (C=O) groups is 1. The van der Waals surface area contributed by atoms with Crippen LogP contribution in [-0.4, -0.2) is 46.5 Å². The van der Waals surface area contributed by atoms with Gasteiger partial charge in [0.2, 0.25) is 0 Å². The number of hydrogen-bond acceptors (Lipinski definition) is 4. The summed E-state index contributed by atoms with van der Waals surface area (Å²) >= 11 is 0. The van der Waals surface area contributed by atoms with Gasteiger partial charge in [0, 0.05) is 17.4 Å². The van der Waals surface area contributed by atoms with Crippen molar-refractivity contribution in [2.24, 2.45) is 0 Å². The van der Waals surface area contributed by atoms with Gasteiger partial charge in [-0.05, 0) is 0 Å². The molecule has 0 amide bonds. The van der Waals surface area contributed by atoms with Crippen molar-refractivity contribution in [2.75, 3.05) is 13.2 Å². The summed E-state index contributed by atoms with van der Waals surface area (Å²) in [5, 5.41) is 25.6. The van der Waals surface area contributed by atoms with E-state index in [4.69, 9.17) is 21.1 Å². The summed E-state index contributed by atoms with van der Waals surface area (Å²) in [5.74, 6) is -0.790. The van der Waals surface area contributed by atoms with E-state index in [1.807, 2.05) is 0 Å². The Kier molecular flexibility index (Phi) is 8.34. The number of aliphatic hydroxyl groups excluding tert-OH is 3. The Bertz CT molecular complexity index is 121. The fourth-order valence-electron chi connectivity index (χ4n) is 0.419. The molecule has 0 heterocycles. The molecule has 2 atom stereocenters. The van der Waals surface area contributed by atoms with Crippen LogP contribution in [0.5, 0.6) is 0 Å². The number of rotatable bonds is 4. The third-order valence-electron chi connectivity index (χ3n) is 1.06. The first-order valence-electron chi connectivity index (χ1n) is 2.77. The molecule has 4 N–H and O–H groups in total. The molecule has 0 saturated heterocycles. The number of ketones is 1. The topological polar surface area (TPSA) is 102 Å². The van der Waals surface area contributed by atoms with E-state index in [1.54, 1.807) is 0 Å². The van der Waals surface area contributed by atoms with E-state index in [0.717, 1.165) is 0 Å². The van der Waals surface area contributed by atoms with Crippen LogP contribution < -0.4 is 0 Å². The van der Waals surface area contributed by atoms with Gasteiger partial charge in [-0.25, -0.2) is 0 Å². The second-order valence-corrected chi connectivity index (χ2v) is 1.84. The molecule has 0 radical (unpaired) electrons. The minimum absolute atomic E-state index is 0. The Morgan fingerprint density at radius 1 is 1.45 bits per heavy atom. The van der Waals surface area contributed by atoms with Gasteiger partial charge in [0.25, 0.3) is 0 Å². The van der Waals surface area contributed by atoms with Crippen molar-refractivity contribution in [2.45, 2.75) is 12.2 Å². The summed E-state index contributed by atoms with van der Waals surface area (Å²) in [6.07, 6.45) is -3.08. The van der Waals surface area contributed by atoms with Crippen molar-refractivity contribution in [3.05, 3.63) is 5.73 Å². The maximum absolute atomic E-state index is 10.4. The fraction of sp³-hybridized carbons (Fsp3) is 0.800. The van der Waals surface area contributed by atoms with Gasteiger partial charge in [-0.2, -0.15) is 0 Å². The van der Waals surface area contributed by atoms with Crippen LogP contribution in [-0.2, 0) is 22.2 Å². The van der Waals surface area contributed by atoms with Crippen molar-refractivity contribution in [1.29, 1.82) is 0 Å². The van der Waals surface area contributed by atoms with E-state index < -0.39 is 31.1 Å². The average molecular weight is 200 g/mol. The smallest absolute Gasteiger partial charge is 0.143 e. The van der Waals surface area contributed by atoms with Crippen LogP contribution in [0.4, 0.5) is 0 Å². The first-order valence-corrected chi connectivity index (χ1v) is 2.77. The predicted octanol–water partition coefficient (Wildman–Crippen LogP) is -1.68. The van der Waals surface area contributed by atoms with Crippen LogP contribution in [0.25, 0.3) is 5.73 Å². The molecule has 0 bridgehead atoms. The maximum Gasteiger partial charge on any atom is 0.143 e. The van der Waals surface area contributed by atoms with Gasteiger partial charge >= 0.3 is 0 Å². The van der Waals surface area contributed by atoms with Gasteiger partial charge in [-0.3, -0.25) is 4.79 Å². The molecule has 0 aliphatic heterocycles. The van der Waals surface area contributed by atoms with Crippen LogP contribution in [0.1, 0.15) is 0 Å². The maximum atomic E-state index is 10.4. The molecule has 0 aromatic rings. The van der Waals surface area contributed by atoms with E-state index in [2.05, 4.69) is 0 Å². The zero-order valence-electron chi connectivity index (χ0n) is 5.73. The van der Waals surface area contributed by atoms with Crippen molar-refractivity contribution in [3.8, 4) is 0 Å². The number of hydrogen-bond donors (Lipinski definition) is 3. The molecule has 0 aliphatic rings. The normalized spacial score (nSPS) is 14.9. The molecule has 0 aromatic carbocycles. The van der Waals surface area contributed by atoms with Crippen LogP contribution in [0.3, 0.4) is 0 Å². The van der Waals surface area contributed by atoms with Crippen LogP contribution >= 0.6 is 0 Å². The first kappa shape index (κ1) is 13.6. The molecular formula is C5H10CrNO4-. The Morgan fingerprint density at radius 2 is 1.91 bits per heavy atom. The van der Waals surface area contributed by atoms with E-state index in [1.165, 1.54) is 0 Å². The standard InChI is InChI=1S/C5H10NO4.Cr/c6-1-3(8)5(10)4(9)2-7;/h4-7,9-10H,1-2H2;/q-1;. The minimum atomic E-state index is -1.62. The van der Waals surface area contributed by atoms with Gasteiger partial charge in [0.05, 0.1) is 6.61 Å². The van der Waals surface area contributed by atoms with Gasteiger partial charge in [-0.1, -0.05) is 6.54 Å². The zero-order chi connectivity index (χ0) is 8.15. The van der Waals surface area contributed by atoms with Crippen molar-refractivity contribution >= 4 is 5.78 Å². The fourth-order valence-corrected chi connectivity index (χ4v) is 0.419. The first-order chi connectivity index (χ1) is 4.63. The molecular weight excluding hydrogens is 190 g/mol. The third-order valence-corrected chi connectivity index (χ3v) is 1.06. The quantitative estimate of drug-likeness (QED) is 0.504. The van der Waals surface area contributed by atoms with Crippen molar-refractivity contribution in [1.82, 2.24) is 0 Å². The van der Waals surface area contributed by atoms with Gasteiger partial charge in [0.15, 0.2) is 0 Å². The molecule has 6 heteroatoms. The molecule has 11 heavy (non-hydrogen) atoms. The molecule has 5 nitrogen and oxygen atoms in total. The molecule has 0 spiro atoms.